The van der Waals surface area contributed by atoms with E-state index in [1.807, 2.05) is 31.2 Å². The number of aryl methyl sites for hydroxylation is 1. The Morgan fingerprint density at radius 2 is 1.95 bits per heavy atom. The average Bonchev–Trinajstić information content (AvgIpc) is 2.46. The van der Waals surface area contributed by atoms with Gasteiger partial charge in [0.2, 0.25) is 0 Å². The monoisotopic (exact) mass is 348 g/mol. The molecule has 110 valence electrons. The molecule has 1 aliphatic rings. The lowest BCUT2D eigenvalue weighted by Crippen LogP contribution is -2.19. The molecule has 0 saturated carbocycles. The van der Waals surface area contributed by atoms with Crippen LogP contribution in [0.3, 0.4) is 0 Å². The summed E-state index contributed by atoms with van der Waals surface area (Å²) in [6.45, 7) is 2.05. The van der Waals surface area contributed by atoms with Crippen molar-refractivity contribution in [2.75, 3.05) is 7.11 Å². The van der Waals surface area contributed by atoms with E-state index in [0.29, 0.717) is 12.2 Å². The molecule has 0 radical (unpaired) electrons. The molecule has 3 nitrogen and oxygen atoms in total. The quantitative estimate of drug-likeness (QED) is 0.877. The maximum absolute atomic E-state index is 10.4. The molecule has 1 unspecified atom stereocenters. The van der Waals surface area contributed by atoms with Gasteiger partial charge in [-0.1, -0.05) is 28.1 Å². The van der Waals surface area contributed by atoms with Gasteiger partial charge in [-0.2, -0.15) is 0 Å². The second-order valence-electron chi connectivity index (χ2n) is 5.29. The van der Waals surface area contributed by atoms with Crippen molar-refractivity contribution in [3.63, 3.8) is 0 Å². The number of hydrogen-bond donors (Lipinski definition) is 1. The molecule has 4 heteroatoms. The molecule has 2 aromatic carbocycles. The fourth-order valence-electron chi connectivity index (χ4n) is 2.63. The Bertz CT molecular complexity index is 669. The molecule has 3 rings (SSSR count). The van der Waals surface area contributed by atoms with Gasteiger partial charge >= 0.3 is 0 Å². The van der Waals surface area contributed by atoms with Crippen LogP contribution < -0.4 is 9.47 Å². The third kappa shape index (κ3) is 2.78. The van der Waals surface area contributed by atoms with Gasteiger partial charge in [0, 0.05) is 28.1 Å². The van der Waals surface area contributed by atoms with E-state index >= 15 is 0 Å². The van der Waals surface area contributed by atoms with Crippen LogP contribution in [0, 0.1) is 6.92 Å². The Balaban J connectivity index is 1.96. The maximum atomic E-state index is 10.4. The Labute approximate surface area is 132 Å². The van der Waals surface area contributed by atoms with Crippen LogP contribution in [0.25, 0.3) is 0 Å². The fourth-order valence-corrected chi connectivity index (χ4v) is 3.38. The number of aliphatic hydroxyl groups excluding tert-OH is 1. The van der Waals surface area contributed by atoms with Crippen molar-refractivity contribution in [2.24, 2.45) is 0 Å². The summed E-state index contributed by atoms with van der Waals surface area (Å²) in [5.74, 6) is 1.41. The van der Waals surface area contributed by atoms with Crippen molar-refractivity contribution in [3.8, 4) is 11.5 Å². The zero-order chi connectivity index (χ0) is 15.0. The number of methoxy groups -OCH3 is 1. The highest BCUT2D eigenvalue weighted by Crippen LogP contribution is 2.43. The zero-order valence-electron chi connectivity index (χ0n) is 12.0. The summed E-state index contributed by atoms with van der Waals surface area (Å²) in [6, 6.07) is 11.7. The second-order valence-corrected chi connectivity index (χ2v) is 6.14. The predicted octanol–water partition coefficient (Wildman–Crippen LogP) is 4.32. The summed E-state index contributed by atoms with van der Waals surface area (Å²) >= 11 is 3.58. The number of hydrogen-bond acceptors (Lipinski definition) is 3. The first-order valence-corrected chi connectivity index (χ1v) is 7.66. The van der Waals surface area contributed by atoms with E-state index in [1.54, 1.807) is 7.11 Å². The third-order valence-electron chi connectivity index (χ3n) is 3.79. The van der Waals surface area contributed by atoms with Crippen LogP contribution in [-0.2, 0) is 0 Å². The molecule has 0 fully saturated rings. The van der Waals surface area contributed by atoms with Crippen molar-refractivity contribution in [3.05, 3.63) is 57.6 Å². The summed E-state index contributed by atoms with van der Waals surface area (Å²) < 4.78 is 12.3. The lowest BCUT2D eigenvalue weighted by Gasteiger charge is -2.30. The van der Waals surface area contributed by atoms with Gasteiger partial charge in [0.1, 0.15) is 17.6 Å². The maximum Gasteiger partial charge on any atom is 0.129 e. The number of benzene rings is 2. The number of aliphatic hydroxyl groups is 1. The minimum absolute atomic E-state index is 0.172. The van der Waals surface area contributed by atoms with Gasteiger partial charge in [-0.05, 0) is 30.7 Å². The highest BCUT2D eigenvalue weighted by Gasteiger charge is 2.29. The van der Waals surface area contributed by atoms with E-state index in [0.717, 1.165) is 21.3 Å². The second kappa shape index (κ2) is 5.70. The van der Waals surface area contributed by atoms with E-state index in [2.05, 4.69) is 28.1 Å². The molecule has 0 aromatic heterocycles. The van der Waals surface area contributed by atoms with E-state index in [4.69, 9.17) is 9.47 Å². The largest absolute Gasteiger partial charge is 0.497 e. The van der Waals surface area contributed by atoms with Gasteiger partial charge in [0.25, 0.3) is 0 Å². The molecule has 1 N–H and O–H groups in total. The first-order chi connectivity index (χ1) is 10.1. The summed E-state index contributed by atoms with van der Waals surface area (Å²) in [5.41, 5.74) is 3.05. The van der Waals surface area contributed by atoms with Gasteiger partial charge in [-0.15, -0.1) is 0 Å². The van der Waals surface area contributed by atoms with Crippen molar-refractivity contribution < 1.29 is 14.6 Å². The Morgan fingerprint density at radius 1 is 1.19 bits per heavy atom. The first kappa shape index (κ1) is 14.4. The molecular weight excluding hydrogens is 332 g/mol. The number of fused-ring (bicyclic) bond motifs is 1. The number of rotatable bonds is 2. The van der Waals surface area contributed by atoms with Crippen LogP contribution in [0.4, 0.5) is 0 Å². The lowest BCUT2D eigenvalue weighted by molar-refractivity contribution is 0.0651. The zero-order valence-corrected chi connectivity index (χ0v) is 13.6. The van der Waals surface area contributed by atoms with Gasteiger partial charge in [-0.3, -0.25) is 0 Å². The van der Waals surface area contributed by atoms with Crippen LogP contribution in [0.15, 0.2) is 40.9 Å². The van der Waals surface area contributed by atoms with Gasteiger partial charge in [0.05, 0.1) is 13.2 Å². The fraction of sp³-hybridized carbons (Fsp3) is 0.294. The predicted molar refractivity (Wildman–Crippen MR) is 84.8 cm³/mol. The number of ether oxygens (including phenoxy) is 2. The van der Waals surface area contributed by atoms with Crippen LogP contribution in [0.5, 0.6) is 11.5 Å². The first-order valence-electron chi connectivity index (χ1n) is 6.87. The van der Waals surface area contributed by atoms with E-state index in [9.17, 15) is 5.11 Å². The highest BCUT2D eigenvalue weighted by molar-refractivity contribution is 9.10. The van der Waals surface area contributed by atoms with Crippen LogP contribution in [-0.4, -0.2) is 12.2 Å². The van der Waals surface area contributed by atoms with E-state index in [1.165, 1.54) is 5.56 Å². The third-order valence-corrected chi connectivity index (χ3v) is 4.48. The lowest BCUT2D eigenvalue weighted by atomic mass is 9.94. The van der Waals surface area contributed by atoms with Crippen molar-refractivity contribution in [1.29, 1.82) is 0 Å². The van der Waals surface area contributed by atoms with Crippen molar-refractivity contribution in [1.82, 2.24) is 0 Å². The SMILES string of the molecule is COc1ccc2c(c1)OC(c1ccc(C)cc1Br)C[C@H]2O. The molecule has 2 atom stereocenters. The van der Waals surface area contributed by atoms with Crippen molar-refractivity contribution in [2.45, 2.75) is 25.6 Å². The minimum Gasteiger partial charge on any atom is -0.497 e. The smallest absolute Gasteiger partial charge is 0.129 e. The normalized spacial score (nSPS) is 20.6. The topological polar surface area (TPSA) is 38.7 Å². The molecular formula is C17H17BrO3. The summed E-state index contributed by atoms with van der Waals surface area (Å²) in [5, 5.41) is 10.4. The molecule has 0 aliphatic carbocycles. The Kier molecular flexibility index (Phi) is 3.91. The van der Waals surface area contributed by atoms with E-state index < -0.39 is 6.10 Å². The van der Waals surface area contributed by atoms with Crippen LogP contribution in [0.2, 0.25) is 0 Å². The van der Waals surface area contributed by atoms with Crippen LogP contribution >= 0.6 is 15.9 Å². The molecule has 2 aromatic rings. The molecule has 1 aliphatic heterocycles. The molecule has 1 heterocycles. The molecule has 0 saturated heterocycles. The van der Waals surface area contributed by atoms with Crippen LogP contribution in [0.1, 0.15) is 35.3 Å². The average molecular weight is 349 g/mol. The van der Waals surface area contributed by atoms with Gasteiger partial charge in [-0.25, -0.2) is 0 Å². The standard InChI is InChI=1S/C17H17BrO3/c1-10-3-5-12(14(18)7-10)17-9-15(19)13-6-4-11(20-2)8-16(13)21-17/h3-8,15,17,19H,9H2,1-2H3/t15-,17?/m1/s1. The van der Waals surface area contributed by atoms with Gasteiger partial charge < -0.3 is 14.6 Å². The Hall–Kier alpha value is -1.52. The molecule has 0 amide bonds. The van der Waals surface area contributed by atoms with E-state index in [-0.39, 0.29) is 6.10 Å². The van der Waals surface area contributed by atoms with Crippen molar-refractivity contribution >= 4 is 15.9 Å². The highest BCUT2D eigenvalue weighted by atomic mass is 79.9. The summed E-state index contributed by atoms with van der Waals surface area (Å²) in [4.78, 5) is 0. The summed E-state index contributed by atoms with van der Waals surface area (Å²) in [6.07, 6.45) is -0.159. The van der Waals surface area contributed by atoms with Gasteiger partial charge in [0.15, 0.2) is 0 Å². The Morgan fingerprint density at radius 3 is 2.67 bits per heavy atom. The molecule has 0 spiro atoms. The molecule has 21 heavy (non-hydrogen) atoms. The number of halogens is 1. The molecule has 0 bridgehead atoms. The minimum atomic E-state index is -0.530. The summed E-state index contributed by atoms with van der Waals surface area (Å²) in [7, 11) is 1.62.